The van der Waals surface area contributed by atoms with Crippen LogP contribution in [0.3, 0.4) is 0 Å². The SMILES string of the molecule is COc1ccc(NC(=O)CC(NC(C)=O)c2ccccc2)cc1S(=O)(=O)N1CCCCC1. The largest absolute Gasteiger partial charge is 0.495 e. The smallest absolute Gasteiger partial charge is 0.246 e. The molecule has 2 aromatic rings. The summed E-state index contributed by atoms with van der Waals surface area (Å²) in [6.45, 7) is 2.34. The number of nitrogens with zero attached hydrogens (tertiary/aromatic N) is 1. The first-order valence-electron chi connectivity index (χ1n) is 10.6. The molecule has 1 fully saturated rings. The second-order valence-corrected chi connectivity index (χ2v) is 9.65. The van der Waals surface area contributed by atoms with Crippen LogP contribution < -0.4 is 15.4 Å². The minimum absolute atomic E-state index is 0.00380. The third-order valence-electron chi connectivity index (χ3n) is 5.35. The number of nitrogens with one attached hydrogen (secondary N) is 2. The maximum atomic E-state index is 13.2. The molecule has 1 aliphatic heterocycles. The van der Waals surface area contributed by atoms with Crippen molar-refractivity contribution in [3.63, 3.8) is 0 Å². The van der Waals surface area contributed by atoms with E-state index in [0.717, 1.165) is 24.8 Å². The lowest BCUT2D eigenvalue weighted by molar-refractivity contribution is -0.120. The highest BCUT2D eigenvalue weighted by atomic mass is 32.2. The van der Waals surface area contributed by atoms with E-state index >= 15 is 0 Å². The zero-order valence-electron chi connectivity index (χ0n) is 18.3. The van der Waals surface area contributed by atoms with Crippen molar-refractivity contribution in [1.29, 1.82) is 0 Å². The van der Waals surface area contributed by atoms with Gasteiger partial charge in [-0.2, -0.15) is 4.31 Å². The van der Waals surface area contributed by atoms with Gasteiger partial charge in [0.15, 0.2) is 0 Å². The van der Waals surface area contributed by atoms with E-state index in [0.29, 0.717) is 18.8 Å². The van der Waals surface area contributed by atoms with E-state index in [9.17, 15) is 18.0 Å². The quantitative estimate of drug-likeness (QED) is 0.631. The molecule has 1 aliphatic rings. The van der Waals surface area contributed by atoms with Crippen molar-refractivity contribution in [3.05, 3.63) is 54.1 Å². The van der Waals surface area contributed by atoms with E-state index in [1.807, 2.05) is 30.3 Å². The molecule has 2 amide bonds. The van der Waals surface area contributed by atoms with Crippen LogP contribution in [-0.2, 0) is 19.6 Å². The lowest BCUT2D eigenvalue weighted by Gasteiger charge is -2.26. The highest BCUT2D eigenvalue weighted by Crippen LogP contribution is 2.31. The number of benzene rings is 2. The van der Waals surface area contributed by atoms with Crippen LogP contribution in [0.5, 0.6) is 5.75 Å². The van der Waals surface area contributed by atoms with Crippen LogP contribution in [0.2, 0.25) is 0 Å². The summed E-state index contributed by atoms with van der Waals surface area (Å²) in [5, 5.41) is 5.54. The van der Waals surface area contributed by atoms with Crippen LogP contribution in [0, 0.1) is 0 Å². The molecule has 0 spiro atoms. The normalized spacial score (nSPS) is 15.6. The van der Waals surface area contributed by atoms with E-state index in [1.54, 1.807) is 6.07 Å². The summed E-state index contributed by atoms with van der Waals surface area (Å²) < 4.78 is 33.1. The number of hydrogen-bond acceptors (Lipinski definition) is 5. The van der Waals surface area contributed by atoms with Crippen molar-refractivity contribution in [2.75, 3.05) is 25.5 Å². The van der Waals surface area contributed by atoms with Gasteiger partial charge in [-0.15, -0.1) is 0 Å². The van der Waals surface area contributed by atoms with E-state index in [4.69, 9.17) is 4.74 Å². The number of carbonyl (C=O) groups is 2. The van der Waals surface area contributed by atoms with Gasteiger partial charge in [0.25, 0.3) is 0 Å². The number of rotatable bonds is 8. The van der Waals surface area contributed by atoms with Gasteiger partial charge in [-0.1, -0.05) is 36.8 Å². The van der Waals surface area contributed by atoms with Crippen molar-refractivity contribution in [2.24, 2.45) is 0 Å². The Morgan fingerprint density at radius 2 is 1.75 bits per heavy atom. The van der Waals surface area contributed by atoms with Gasteiger partial charge in [0.05, 0.1) is 19.6 Å². The summed E-state index contributed by atoms with van der Waals surface area (Å²) in [6, 6.07) is 13.3. The van der Waals surface area contributed by atoms with Crippen LogP contribution >= 0.6 is 0 Å². The van der Waals surface area contributed by atoms with Gasteiger partial charge in [-0.3, -0.25) is 9.59 Å². The molecule has 0 aromatic heterocycles. The molecule has 2 N–H and O–H groups in total. The first kappa shape index (κ1) is 23.7. The van der Waals surface area contributed by atoms with Crippen molar-refractivity contribution >= 4 is 27.5 Å². The van der Waals surface area contributed by atoms with Gasteiger partial charge in [0.1, 0.15) is 10.6 Å². The third-order valence-corrected chi connectivity index (χ3v) is 7.27. The van der Waals surface area contributed by atoms with Crippen molar-refractivity contribution in [2.45, 2.75) is 43.5 Å². The van der Waals surface area contributed by atoms with Gasteiger partial charge in [0.2, 0.25) is 21.8 Å². The lowest BCUT2D eigenvalue weighted by atomic mass is 10.0. The van der Waals surface area contributed by atoms with Crippen molar-refractivity contribution in [3.8, 4) is 5.75 Å². The average molecular weight is 460 g/mol. The Bertz CT molecular complexity index is 1050. The molecular formula is C23H29N3O5S. The fraction of sp³-hybridized carbons (Fsp3) is 0.391. The second-order valence-electron chi connectivity index (χ2n) is 7.75. The van der Waals surface area contributed by atoms with E-state index in [1.165, 1.54) is 30.5 Å². The summed E-state index contributed by atoms with van der Waals surface area (Å²) in [4.78, 5) is 24.4. The summed E-state index contributed by atoms with van der Waals surface area (Å²) in [7, 11) is -2.33. The summed E-state index contributed by atoms with van der Waals surface area (Å²) in [6.07, 6.45) is 2.66. The molecule has 1 unspecified atom stereocenters. The van der Waals surface area contributed by atoms with Gasteiger partial charge in [0, 0.05) is 25.7 Å². The first-order valence-corrected chi connectivity index (χ1v) is 12.1. The number of amides is 2. The summed E-state index contributed by atoms with van der Waals surface area (Å²) >= 11 is 0. The highest BCUT2D eigenvalue weighted by Gasteiger charge is 2.29. The Labute approximate surface area is 189 Å². The van der Waals surface area contributed by atoms with Crippen LogP contribution in [-0.4, -0.2) is 44.7 Å². The fourth-order valence-corrected chi connectivity index (χ4v) is 5.48. The lowest BCUT2D eigenvalue weighted by Crippen LogP contribution is -2.35. The number of ether oxygens (including phenoxy) is 1. The molecule has 32 heavy (non-hydrogen) atoms. The molecule has 8 nitrogen and oxygen atoms in total. The van der Waals surface area contributed by atoms with E-state index < -0.39 is 16.1 Å². The van der Waals surface area contributed by atoms with E-state index in [-0.39, 0.29) is 28.9 Å². The Balaban J connectivity index is 1.80. The predicted octanol–water partition coefficient (Wildman–Crippen LogP) is 3.08. The third kappa shape index (κ3) is 5.86. The molecule has 0 bridgehead atoms. The minimum atomic E-state index is -3.74. The summed E-state index contributed by atoms with van der Waals surface area (Å²) in [5.41, 5.74) is 1.15. The molecule has 0 aliphatic carbocycles. The number of methoxy groups -OCH3 is 1. The monoisotopic (exact) mass is 459 g/mol. The zero-order chi connectivity index (χ0) is 23.1. The van der Waals surface area contributed by atoms with Crippen LogP contribution in [0.4, 0.5) is 5.69 Å². The Hall–Kier alpha value is -2.91. The maximum absolute atomic E-state index is 13.2. The van der Waals surface area contributed by atoms with Crippen molar-refractivity contribution < 1.29 is 22.7 Å². The maximum Gasteiger partial charge on any atom is 0.246 e. The highest BCUT2D eigenvalue weighted by molar-refractivity contribution is 7.89. The molecule has 0 radical (unpaired) electrons. The average Bonchev–Trinajstić information content (AvgIpc) is 2.79. The Morgan fingerprint density at radius 1 is 1.06 bits per heavy atom. The minimum Gasteiger partial charge on any atom is -0.495 e. The molecule has 172 valence electrons. The van der Waals surface area contributed by atoms with E-state index in [2.05, 4.69) is 10.6 Å². The molecule has 1 heterocycles. The van der Waals surface area contributed by atoms with Gasteiger partial charge in [-0.25, -0.2) is 8.42 Å². The van der Waals surface area contributed by atoms with Gasteiger partial charge >= 0.3 is 0 Å². The number of hydrogen-bond donors (Lipinski definition) is 2. The fourth-order valence-electron chi connectivity index (χ4n) is 3.78. The Morgan fingerprint density at radius 3 is 2.38 bits per heavy atom. The second kappa shape index (κ2) is 10.6. The molecule has 0 saturated carbocycles. The summed E-state index contributed by atoms with van der Waals surface area (Å²) in [5.74, 6) is -0.362. The Kier molecular flexibility index (Phi) is 7.87. The van der Waals surface area contributed by atoms with Crippen LogP contribution in [0.1, 0.15) is 44.2 Å². The number of anilines is 1. The van der Waals surface area contributed by atoms with Gasteiger partial charge in [-0.05, 0) is 36.6 Å². The van der Waals surface area contributed by atoms with Crippen molar-refractivity contribution in [1.82, 2.24) is 9.62 Å². The molecule has 1 saturated heterocycles. The number of sulfonamides is 1. The van der Waals surface area contributed by atoms with Crippen LogP contribution in [0.25, 0.3) is 0 Å². The molecule has 3 rings (SSSR count). The standard InChI is InChI=1S/C23H29N3O5S/c1-17(27)24-20(18-9-5-3-6-10-18)16-23(28)25-19-11-12-21(31-2)22(15-19)32(29,30)26-13-7-4-8-14-26/h3,5-6,9-12,15,20H,4,7-8,13-14,16H2,1-2H3,(H,24,27)(H,25,28). The predicted molar refractivity (Wildman–Crippen MR) is 122 cm³/mol. The number of piperidine rings is 1. The number of carbonyl (C=O) groups excluding carboxylic acids is 2. The van der Waals surface area contributed by atoms with Crippen LogP contribution in [0.15, 0.2) is 53.4 Å². The topological polar surface area (TPSA) is 105 Å². The first-order chi connectivity index (χ1) is 15.3. The van der Waals surface area contributed by atoms with Gasteiger partial charge < -0.3 is 15.4 Å². The molecule has 9 heteroatoms. The molecule has 2 aromatic carbocycles. The zero-order valence-corrected chi connectivity index (χ0v) is 19.2. The molecule has 1 atom stereocenters. The molecular weight excluding hydrogens is 430 g/mol.